The summed E-state index contributed by atoms with van der Waals surface area (Å²) in [6, 6.07) is 2.88. The minimum Gasteiger partial charge on any atom is -0.308 e. The molecule has 0 amide bonds. The van der Waals surface area contributed by atoms with Crippen molar-refractivity contribution in [3.05, 3.63) is 17.5 Å². The molecular formula is C17H31N3. The lowest BCUT2D eigenvalue weighted by Gasteiger charge is -2.23. The number of aryl methyl sites for hydroxylation is 2. The Morgan fingerprint density at radius 3 is 2.55 bits per heavy atom. The predicted octanol–water partition coefficient (Wildman–Crippen LogP) is 3.91. The molecule has 1 aromatic rings. The van der Waals surface area contributed by atoms with E-state index in [2.05, 4.69) is 41.9 Å². The molecule has 0 unspecified atom stereocenters. The first-order chi connectivity index (χ1) is 9.74. The highest BCUT2D eigenvalue weighted by atomic mass is 15.3. The van der Waals surface area contributed by atoms with Crippen molar-refractivity contribution < 1.29 is 0 Å². The minimum atomic E-state index is 0.624. The van der Waals surface area contributed by atoms with Gasteiger partial charge >= 0.3 is 0 Å². The SMILES string of the molecule is CCc1cc(CN[C@@H](C)C2CCCCCC2)n(CC)n1. The molecule has 0 bridgehead atoms. The second-order valence-electron chi connectivity index (χ2n) is 6.22. The normalized spacial score (nSPS) is 18.9. The van der Waals surface area contributed by atoms with Crippen LogP contribution in [0.2, 0.25) is 0 Å². The summed E-state index contributed by atoms with van der Waals surface area (Å²) >= 11 is 0. The predicted molar refractivity (Wildman–Crippen MR) is 84.8 cm³/mol. The van der Waals surface area contributed by atoms with Gasteiger partial charge < -0.3 is 5.32 Å². The summed E-state index contributed by atoms with van der Waals surface area (Å²) in [6.07, 6.45) is 9.55. The van der Waals surface area contributed by atoms with Gasteiger partial charge in [-0.1, -0.05) is 32.6 Å². The van der Waals surface area contributed by atoms with Gasteiger partial charge in [0.2, 0.25) is 0 Å². The molecule has 1 aliphatic carbocycles. The summed E-state index contributed by atoms with van der Waals surface area (Å²) in [5, 5.41) is 8.38. The fourth-order valence-electron chi connectivity index (χ4n) is 3.35. The maximum Gasteiger partial charge on any atom is 0.0625 e. The van der Waals surface area contributed by atoms with E-state index in [0.717, 1.165) is 25.4 Å². The number of hydrogen-bond acceptors (Lipinski definition) is 2. The highest BCUT2D eigenvalue weighted by Gasteiger charge is 2.19. The van der Waals surface area contributed by atoms with Gasteiger partial charge in [0.05, 0.1) is 11.4 Å². The van der Waals surface area contributed by atoms with Crippen LogP contribution in [0.3, 0.4) is 0 Å². The van der Waals surface area contributed by atoms with Gasteiger partial charge in [0.15, 0.2) is 0 Å². The van der Waals surface area contributed by atoms with Crippen LogP contribution >= 0.6 is 0 Å². The number of rotatable bonds is 6. The van der Waals surface area contributed by atoms with Crippen molar-refractivity contribution in [2.75, 3.05) is 0 Å². The maximum atomic E-state index is 4.63. The third kappa shape index (κ3) is 4.08. The van der Waals surface area contributed by atoms with E-state index in [4.69, 9.17) is 0 Å². The van der Waals surface area contributed by atoms with Crippen molar-refractivity contribution in [2.24, 2.45) is 5.92 Å². The van der Waals surface area contributed by atoms with Gasteiger partial charge in [-0.25, -0.2) is 0 Å². The van der Waals surface area contributed by atoms with Crippen LogP contribution in [0.4, 0.5) is 0 Å². The van der Waals surface area contributed by atoms with E-state index in [1.807, 2.05) is 0 Å². The van der Waals surface area contributed by atoms with E-state index in [1.54, 1.807) is 0 Å². The van der Waals surface area contributed by atoms with Gasteiger partial charge in [0, 0.05) is 19.1 Å². The monoisotopic (exact) mass is 277 g/mol. The second kappa shape index (κ2) is 7.82. The van der Waals surface area contributed by atoms with E-state index >= 15 is 0 Å². The zero-order chi connectivity index (χ0) is 14.4. The summed E-state index contributed by atoms with van der Waals surface area (Å²) in [7, 11) is 0. The van der Waals surface area contributed by atoms with Gasteiger partial charge in [-0.2, -0.15) is 5.10 Å². The molecule has 3 nitrogen and oxygen atoms in total. The highest BCUT2D eigenvalue weighted by Crippen LogP contribution is 2.25. The number of hydrogen-bond donors (Lipinski definition) is 1. The Kier molecular flexibility index (Phi) is 6.08. The second-order valence-corrected chi connectivity index (χ2v) is 6.22. The fourth-order valence-corrected chi connectivity index (χ4v) is 3.35. The van der Waals surface area contributed by atoms with Gasteiger partial charge in [-0.3, -0.25) is 4.68 Å². The first-order valence-electron chi connectivity index (χ1n) is 8.53. The van der Waals surface area contributed by atoms with Crippen LogP contribution in [0.5, 0.6) is 0 Å². The molecule has 1 heterocycles. The van der Waals surface area contributed by atoms with E-state index < -0.39 is 0 Å². The fraction of sp³-hybridized carbons (Fsp3) is 0.824. The Hall–Kier alpha value is -0.830. The molecule has 0 aromatic carbocycles. The van der Waals surface area contributed by atoms with Crippen molar-refractivity contribution in [1.29, 1.82) is 0 Å². The molecule has 114 valence electrons. The Morgan fingerprint density at radius 2 is 1.95 bits per heavy atom. The van der Waals surface area contributed by atoms with Gasteiger partial charge in [-0.15, -0.1) is 0 Å². The summed E-state index contributed by atoms with van der Waals surface area (Å²) in [4.78, 5) is 0. The average Bonchev–Trinajstić information content (AvgIpc) is 2.68. The first kappa shape index (κ1) is 15.6. The molecule has 0 saturated heterocycles. The van der Waals surface area contributed by atoms with Crippen LogP contribution in [0, 0.1) is 5.92 Å². The zero-order valence-electron chi connectivity index (χ0n) is 13.5. The molecular weight excluding hydrogens is 246 g/mol. The number of aromatic nitrogens is 2. The molecule has 0 aliphatic heterocycles. The molecule has 1 aromatic heterocycles. The van der Waals surface area contributed by atoms with Gasteiger partial charge in [0.25, 0.3) is 0 Å². The standard InChI is InChI=1S/C17H31N3/c1-4-16-12-17(20(5-2)19-16)13-18-14(3)15-10-8-6-7-9-11-15/h12,14-15,18H,4-11,13H2,1-3H3/t14-/m0/s1. The minimum absolute atomic E-state index is 0.624. The van der Waals surface area contributed by atoms with Crippen LogP contribution in [0.25, 0.3) is 0 Å². The Bertz CT molecular complexity index is 389. The first-order valence-corrected chi connectivity index (χ1v) is 8.53. The van der Waals surface area contributed by atoms with Crippen molar-refractivity contribution in [3.8, 4) is 0 Å². The number of nitrogens with one attached hydrogen (secondary N) is 1. The van der Waals surface area contributed by atoms with Crippen LogP contribution in [-0.4, -0.2) is 15.8 Å². The van der Waals surface area contributed by atoms with E-state index in [9.17, 15) is 0 Å². The molecule has 0 radical (unpaired) electrons. The molecule has 0 spiro atoms. The molecule has 1 N–H and O–H groups in total. The lowest BCUT2D eigenvalue weighted by molar-refractivity contribution is 0.333. The Labute approximate surface area is 124 Å². The zero-order valence-corrected chi connectivity index (χ0v) is 13.5. The van der Waals surface area contributed by atoms with Crippen molar-refractivity contribution in [2.45, 2.75) is 84.8 Å². The third-order valence-electron chi connectivity index (χ3n) is 4.79. The van der Waals surface area contributed by atoms with Crippen LogP contribution in [0.1, 0.15) is 70.7 Å². The molecule has 1 fully saturated rings. The van der Waals surface area contributed by atoms with Crippen molar-refractivity contribution in [3.63, 3.8) is 0 Å². The van der Waals surface area contributed by atoms with Crippen LogP contribution in [0.15, 0.2) is 6.07 Å². The molecule has 1 aliphatic rings. The molecule has 3 heteroatoms. The summed E-state index contributed by atoms with van der Waals surface area (Å²) in [6.45, 7) is 8.63. The maximum absolute atomic E-state index is 4.63. The summed E-state index contributed by atoms with van der Waals surface area (Å²) < 4.78 is 2.14. The smallest absolute Gasteiger partial charge is 0.0625 e. The number of nitrogens with zero attached hydrogens (tertiary/aromatic N) is 2. The average molecular weight is 277 g/mol. The molecule has 2 rings (SSSR count). The molecule has 20 heavy (non-hydrogen) atoms. The van der Waals surface area contributed by atoms with Crippen LogP contribution < -0.4 is 5.32 Å². The highest BCUT2D eigenvalue weighted by molar-refractivity contribution is 5.10. The summed E-state index contributed by atoms with van der Waals surface area (Å²) in [5.74, 6) is 0.862. The quantitative estimate of drug-likeness (QED) is 0.799. The topological polar surface area (TPSA) is 29.9 Å². The van der Waals surface area contributed by atoms with Crippen molar-refractivity contribution >= 4 is 0 Å². The van der Waals surface area contributed by atoms with Crippen molar-refractivity contribution in [1.82, 2.24) is 15.1 Å². The van der Waals surface area contributed by atoms with Gasteiger partial charge in [0.1, 0.15) is 0 Å². The largest absolute Gasteiger partial charge is 0.308 e. The Balaban J connectivity index is 1.88. The van der Waals surface area contributed by atoms with E-state index in [1.165, 1.54) is 49.9 Å². The third-order valence-corrected chi connectivity index (χ3v) is 4.79. The van der Waals surface area contributed by atoms with Gasteiger partial charge in [-0.05, 0) is 45.1 Å². The summed E-state index contributed by atoms with van der Waals surface area (Å²) in [5.41, 5.74) is 2.55. The van der Waals surface area contributed by atoms with Crippen LogP contribution in [-0.2, 0) is 19.5 Å². The molecule has 1 saturated carbocycles. The Morgan fingerprint density at radius 1 is 1.25 bits per heavy atom. The van der Waals surface area contributed by atoms with E-state index in [-0.39, 0.29) is 0 Å². The lowest BCUT2D eigenvalue weighted by atomic mass is 9.93. The lowest BCUT2D eigenvalue weighted by Crippen LogP contribution is -2.33. The molecule has 1 atom stereocenters. The van der Waals surface area contributed by atoms with E-state index in [0.29, 0.717) is 6.04 Å².